The van der Waals surface area contributed by atoms with Crippen LogP contribution in [-0.2, 0) is 9.84 Å². The summed E-state index contributed by atoms with van der Waals surface area (Å²) in [4.78, 5) is 1.16. The first-order chi connectivity index (χ1) is 8.39. The highest BCUT2D eigenvalue weighted by molar-refractivity contribution is 7.90. The monoisotopic (exact) mass is 282 g/mol. The lowest BCUT2D eigenvalue weighted by Gasteiger charge is -2.11. The fourth-order valence-corrected chi connectivity index (χ4v) is 3.28. The van der Waals surface area contributed by atoms with Crippen molar-refractivity contribution >= 4 is 21.2 Å². The summed E-state index contributed by atoms with van der Waals surface area (Å²) in [6.07, 6.45) is 0.473. The van der Waals surface area contributed by atoms with Crippen LogP contribution in [0.2, 0.25) is 0 Å². The maximum absolute atomic E-state index is 11.3. The van der Waals surface area contributed by atoms with E-state index in [2.05, 4.69) is 0 Å². The molecule has 1 aromatic carbocycles. The fraction of sp³-hybridized carbons (Fsp3) is 0.231. The normalized spacial score (nSPS) is 13.5. The molecule has 1 atom stereocenters. The van der Waals surface area contributed by atoms with Crippen molar-refractivity contribution in [2.75, 3.05) is 6.26 Å². The van der Waals surface area contributed by atoms with E-state index in [1.807, 2.05) is 18.4 Å². The molecule has 1 aromatic heterocycles. The van der Waals surface area contributed by atoms with Crippen LogP contribution in [0.4, 0.5) is 0 Å². The predicted molar refractivity (Wildman–Crippen MR) is 72.7 cm³/mol. The zero-order chi connectivity index (χ0) is 13.3. The molecule has 0 saturated carbocycles. The minimum atomic E-state index is -3.19. The van der Waals surface area contributed by atoms with Crippen LogP contribution in [0.25, 0.3) is 0 Å². The zero-order valence-electron chi connectivity index (χ0n) is 10.1. The van der Waals surface area contributed by atoms with Gasteiger partial charge in [-0.25, -0.2) is 8.42 Å². The van der Waals surface area contributed by atoms with Gasteiger partial charge in [-0.1, -0.05) is 12.1 Å². The van der Waals surface area contributed by atoms with Gasteiger partial charge in [-0.05, 0) is 41.6 Å². The summed E-state index contributed by atoms with van der Waals surface area (Å²) in [6, 6.07) is 8.31. The smallest absolute Gasteiger partial charge is 0.175 e. The minimum absolute atomic E-state index is 0.265. The van der Waals surface area contributed by atoms with Crippen molar-refractivity contribution in [3.63, 3.8) is 0 Å². The van der Waals surface area contributed by atoms with Gasteiger partial charge in [0, 0.05) is 11.1 Å². The number of aliphatic hydroxyl groups is 1. The minimum Gasteiger partial charge on any atom is -0.383 e. The lowest BCUT2D eigenvalue weighted by molar-refractivity contribution is 0.223. The van der Waals surface area contributed by atoms with Gasteiger partial charge in [0.15, 0.2) is 9.84 Å². The van der Waals surface area contributed by atoms with Gasteiger partial charge < -0.3 is 5.11 Å². The second-order valence-electron chi connectivity index (χ2n) is 4.21. The second kappa shape index (κ2) is 4.84. The zero-order valence-corrected chi connectivity index (χ0v) is 11.8. The Morgan fingerprint density at radius 3 is 2.22 bits per heavy atom. The number of hydrogen-bond donors (Lipinski definition) is 1. The van der Waals surface area contributed by atoms with Crippen molar-refractivity contribution in [1.82, 2.24) is 0 Å². The molecule has 0 spiro atoms. The first-order valence-corrected chi connectivity index (χ1v) is 8.19. The Morgan fingerprint density at radius 1 is 1.17 bits per heavy atom. The molecule has 5 heteroatoms. The Bertz CT molecular complexity index is 639. The van der Waals surface area contributed by atoms with E-state index in [1.165, 1.54) is 29.7 Å². The van der Waals surface area contributed by atoms with Crippen molar-refractivity contribution in [3.05, 3.63) is 51.7 Å². The summed E-state index contributed by atoms with van der Waals surface area (Å²) in [5, 5.41) is 12.1. The number of hydrogen-bond acceptors (Lipinski definition) is 4. The molecule has 18 heavy (non-hydrogen) atoms. The number of thiophene rings is 1. The third kappa shape index (κ3) is 2.63. The van der Waals surface area contributed by atoms with Crippen LogP contribution in [-0.4, -0.2) is 19.8 Å². The Balaban J connectivity index is 2.33. The molecule has 0 saturated heterocycles. The van der Waals surface area contributed by atoms with Crippen molar-refractivity contribution in [1.29, 1.82) is 0 Å². The molecule has 0 radical (unpaired) electrons. The number of benzene rings is 1. The summed E-state index contributed by atoms with van der Waals surface area (Å²) < 4.78 is 22.7. The molecule has 2 aromatic rings. The molecule has 0 amide bonds. The summed E-state index contributed by atoms with van der Waals surface area (Å²) in [5.74, 6) is 0. The highest BCUT2D eigenvalue weighted by Gasteiger charge is 2.15. The average molecular weight is 282 g/mol. The highest BCUT2D eigenvalue weighted by Crippen LogP contribution is 2.29. The van der Waals surface area contributed by atoms with Crippen molar-refractivity contribution in [2.45, 2.75) is 17.9 Å². The van der Waals surface area contributed by atoms with E-state index in [0.29, 0.717) is 5.56 Å². The number of aryl methyl sites for hydroxylation is 1. The number of rotatable bonds is 3. The van der Waals surface area contributed by atoms with E-state index < -0.39 is 15.9 Å². The third-order valence-corrected chi connectivity index (χ3v) is 4.97. The molecule has 0 aliphatic heterocycles. The average Bonchev–Trinajstić information content (AvgIpc) is 2.73. The topological polar surface area (TPSA) is 54.4 Å². The molecule has 0 aliphatic carbocycles. The summed E-state index contributed by atoms with van der Waals surface area (Å²) in [5.41, 5.74) is 1.74. The summed E-state index contributed by atoms with van der Waals surface area (Å²) in [6.45, 7) is 1.94. The summed E-state index contributed by atoms with van der Waals surface area (Å²) >= 11 is 1.49. The molecule has 0 aliphatic rings. The third-order valence-electron chi connectivity index (χ3n) is 2.77. The summed E-state index contributed by atoms with van der Waals surface area (Å²) in [7, 11) is -3.19. The van der Waals surface area contributed by atoms with E-state index in [1.54, 1.807) is 12.1 Å². The van der Waals surface area contributed by atoms with Crippen LogP contribution in [0, 0.1) is 6.92 Å². The van der Waals surface area contributed by atoms with Crippen LogP contribution < -0.4 is 0 Å². The Kier molecular flexibility index (Phi) is 3.56. The maximum atomic E-state index is 11.3. The molecule has 96 valence electrons. The molecule has 1 unspecified atom stereocenters. The first-order valence-electron chi connectivity index (χ1n) is 5.41. The predicted octanol–water partition coefficient (Wildman–Crippen LogP) is 2.54. The molecule has 1 N–H and O–H groups in total. The van der Waals surface area contributed by atoms with Gasteiger partial charge in [-0.3, -0.25) is 0 Å². The number of aliphatic hydroxyl groups excluding tert-OH is 1. The molecule has 3 nitrogen and oxygen atoms in total. The van der Waals surface area contributed by atoms with E-state index in [0.717, 1.165) is 10.4 Å². The van der Waals surface area contributed by atoms with E-state index in [-0.39, 0.29) is 4.90 Å². The molecule has 1 heterocycles. The standard InChI is InChI=1S/C13H14O3S2/c1-9-7-8-17-13(9)12(14)10-3-5-11(6-4-10)18(2,15)16/h3-8,12,14H,1-2H3. The van der Waals surface area contributed by atoms with Crippen LogP contribution in [0.5, 0.6) is 0 Å². The van der Waals surface area contributed by atoms with Crippen LogP contribution in [0.3, 0.4) is 0 Å². The molecule has 2 rings (SSSR count). The van der Waals surface area contributed by atoms with Gasteiger partial charge in [0.1, 0.15) is 6.10 Å². The quantitative estimate of drug-likeness (QED) is 0.941. The molecule has 0 fully saturated rings. The van der Waals surface area contributed by atoms with Crippen LogP contribution >= 0.6 is 11.3 Å². The maximum Gasteiger partial charge on any atom is 0.175 e. The molecular formula is C13H14O3S2. The van der Waals surface area contributed by atoms with Gasteiger partial charge in [0.25, 0.3) is 0 Å². The van der Waals surface area contributed by atoms with Gasteiger partial charge in [0.2, 0.25) is 0 Å². The SMILES string of the molecule is Cc1ccsc1C(O)c1ccc(S(C)(=O)=O)cc1. The largest absolute Gasteiger partial charge is 0.383 e. The van der Waals surface area contributed by atoms with Gasteiger partial charge in [-0.15, -0.1) is 11.3 Å². The Hall–Kier alpha value is -1.17. The van der Waals surface area contributed by atoms with Crippen molar-refractivity contribution in [3.8, 4) is 0 Å². The number of sulfone groups is 1. The highest BCUT2D eigenvalue weighted by atomic mass is 32.2. The lowest BCUT2D eigenvalue weighted by atomic mass is 10.1. The van der Waals surface area contributed by atoms with Crippen LogP contribution in [0.1, 0.15) is 22.1 Å². The van der Waals surface area contributed by atoms with Crippen molar-refractivity contribution in [2.24, 2.45) is 0 Å². The van der Waals surface area contributed by atoms with Crippen molar-refractivity contribution < 1.29 is 13.5 Å². The van der Waals surface area contributed by atoms with Gasteiger partial charge >= 0.3 is 0 Å². The van der Waals surface area contributed by atoms with E-state index >= 15 is 0 Å². The first kappa shape index (κ1) is 13.3. The second-order valence-corrected chi connectivity index (χ2v) is 7.18. The van der Waals surface area contributed by atoms with Crippen LogP contribution in [0.15, 0.2) is 40.6 Å². The molecule has 0 bridgehead atoms. The van der Waals surface area contributed by atoms with E-state index in [9.17, 15) is 13.5 Å². The van der Waals surface area contributed by atoms with E-state index in [4.69, 9.17) is 0 Å². The van der Waals surface area contributed by atoms with Gasteiger partial charge in [-0.2, -0.15) is 0 Å². The Labute approximate surface area is 111 Å². The fourth-order valence-electron chi connectivity index (χ4n) is 1.71. The Morgan fingerprint density at radius 2 is 1.78 bits per heavy atom. The van der Waals surface area contributed by atoms with Gasteiger partial charge in [0.05, 0.1) is 4.90 Å². The lowest BCUT2D eigenvalue weighted by Crippen LogP contribution is -2.01. The molecular weight excluding hydrogens is 268 g/mol.